The van der Waals surface area contributed by atoms with Gasteiger partial charge in [0.15, 0.2) is 0 Å². The Kier molecular flexibility index (Phi) is 4.22. The zero-order valence-electron chi connectivity index (χ0n) is 11.8. The van der Waals surface area contributed by atoms with Gasteiger partial charge in [0.1, 0.15) is 6.10 Å². The maximum absolute atomic E-state index is 12.1. The van der Waals surface area contributed by atoms with Gasteiger partial charge in [0.25, 0.3) is 0 Å². The van der Waals surface area contributed by atoms with Crippen LogP contribution in [0.3, 0.4) is 0 Å². The molecule has 2 N–H and O–H groups in total. The molecule has 0 aliphatic carbocycles. The topological polar surface area (TPSA) is 55.6 Å². The van der Waals surface area contributed by atoms with Crippen molar-refractivity contribution in [3.63, 3.8) is 0 Å². The van der Waals surface area contributed by atoms with Crippen LogP contribution in [-0.4, -0.2) is 36.0 Å². The predicted octanol–water partition coefficient (Wildman–Crippen LogP) is 1.63. The number of rotatable bonds is 2. The van der Waals surface area contributed by atoms with Gasteiger partial charge in [0.2, 0.25) is 5.91 Å². The number of carbonyl (C=O) groups is 1. The lowest BCUT2D eigenvalue weighted by Gasteiger charge is -2.39. The maximum Gasteiger partial charge on any atom is 0.239 e. The third-order valence-electron chi connectivity index (χ3n) is 3.64. The summed E-state index contributed by atoms with van der Waals surface area (Å²) < 4.78 is 5.88. The lowest BCUT2D eigenvalue weighted by Crippen LogP contribution is -2.52. The van der Waals surface area contributed by atoms with Gasteiger partial charge in [0.05, 0.1) is 25.2 Å². The summed E-state index contributed by atoms with van der Waals surface area (Å²) in [4.78, 5) is 14.0. The highest BCUT2D eigenvalue weighted by atomic mass is 16.5. The predicted molar refractivity (Wildman–Crippen MR) is 74.7 cm³/mol. The van der Waals surface area contributed by atoms with Gasteiger partial charge in [-0.1, -0.05) is 24.3 Å². The van der Waals surface area contributed by atoms with Crippen LogP contribution in [0.15, 0.2) is 24.3 Å². The molecule has 1 heterocycles. The minimum Gasteiger partial charge on any atom is -0.370 e. The van der Waals surface area contributed by atoms with Crippen molar-refractivity contribution in [2.75, 3.05) is 13.2 Å². The summed E-state index contributed by atoms with van der Waals surface area (Å²) in [5, 5.41) is 0. The number of nitrogens with two attached hydrogens (primary N) is 1. The molecule has 2 rings (SSSR count). The second-order valence-corrected chi connectivity index (χ2v) is 5.31. The Morgan fingerprint density at radius 3 is 2.79 bits per heavy atom. The molecule has 1 aromatic carbocycles. The van der Waals surface area contributed by atoms with E-state index in [-0.39, 0.29) is 18.1 Å². The van der Waals surface area contributed by atoms with E-state index in [1.54, 1.807) is 6.92 Å². The van der Waals surface area contributed by atoms with Gasteiger partial charge in [-0.05, 0) is 31.9 Å². The van der Waals surface area contributed by atoms with Crippen LogP contribution in [0.4, 0.5) is 0 Å². The molecule has 0 bridgehead atoms. The molecule has 0 saturated carbocycles. The van der Waals surface area contributed by atoms with Crippen molar-refractivity contribution < 1.29 is 9.53 Å². The smallest absolute Gasteiger partial charge is 0.239 e. The number of amides is 1. The maximum atomic E-state index is 12.1. The molecule has 1 amide bonds. The fraction of sp³-hybridized carbons (Fsp3) is 0.533. The molecule has 19 heavy (non-hydrogen) atoms. The Balaban J connectivity index is 2.18. The Morgan fingerprint density at radius 1 is 1.47 bits per heavy atom. The highest BCUT2D eigenvalue weighted by molar-refractivity contribution is 5.81. The molecule has 1 saturated heterocycles. The minimum absolute atomic E-state index is 0.00520. The van der Waals surface area contributed by atoms with Crippen molar-refractivity contribution in [1.82, 2.24) is 4.90 Å². The number of morpholine rings is 1. The lowest BCUT2D eigenvalue weighted by atomic mass is 10.0. The van der Waals surface area contributed by atoms with Gasteiger partial charge >= 0.3 is 0 Å². The number of benzene rings is 1. The zero-order valence-corrected chi connectivity index (χ0v) is 11.8. The van der Waals surface area contributed by atoms with E-state index in [1.165, 1.54) is 5.56 Å². The largest absolute Gasteiger partial charge is 0.370 e. The normalized spacial score (nSPS) is 25.2. The van der Waals surface area contributed by atoms with Crippen molar-refractivity contribution >= 4 is 5.91 Å². The van der Waals surface area contributed by atoms with Crippen molar-refractivity contribution in [1.29, 1.82) is 0 Å². The molecular formula is C15H22N2O2. The van der Waals surface area contributed by atoms with Crippen molar-refractivity contribution in [3.05, 3.63) is 35.4 Å². The first kappa shape index (κ1) is 14.0. The second-order valence-electron chi connectivity index (χ2n) is 5.31. The molecular weight excluding hydrogens is 240 g/mol. The SMILES string of the molecule is Cc1ccccc1[C@@H]1CN(C(=O)[C@H](C)N)[C@H](C)CO1. The summed E-state index contributed by atoms with van der Waals surface area (Å²) in [5.41, 5.74) is 8.05. The van der Waals surface area contributed by atoms with Gasteiger partial charge in [-0.25, -0.2) is 0 Å². The highest BCUT2D eigenvalue weighted by Crippen LogP contribution is 2.27. The average molecular weight is 262 g/mol. The first-order valence-electron chi connectivity index (χ1n) is 6.74. The number of hydrogen-bond donors (Lipinski definition) is 1. The molecule has 1 aliphatic rings. The monoisotopic (exact) mass is 262 g/mol. The molecule has 0 radical (unpaired) electrons. The fourth-order valence-electron chi connectivity index (χ4n) is 2.46. The van der Waals surface area contributed by atoms with Gasteiger partial charge in [-0.2, -0.15) is 0 Å². The fourth-order valence-corrected chi connectivity index (χ4v) is 2.46. The molecule has 0 aromatic heterocycles. The average Bonchev–Trinajstić information content (AvgIpc) is 2.39. The summed E-state index contributed by atoms with van der Waals surface area (Å²) in [6, 6.07) is 7.76. The quantitative estimate of drug-likeness (QED) is 0.881. The Hall–Kier alpha value is -1.39. The third kappa shape index (κ3) is 2.96. The summed E-state index contributed by atoms with van der Waals surface area (Å²) >= 11 is 0. The van der Waals surface area contributed by atoms with Crippen molar-refractivity contribution in [2.45, 2.75) is 39.0 Å². The molecule has 104 valence electrons. The Bertz CT molecular complexity index is 459. The molecule has 3 atom stereocenters. The minimum atomic E-state index is -0.460. The first-order chi connectivity index (χ1) is 9.00. The van der Waals surface area contributed by atoms with E-state index in [2.05, 4.69) is 19.1 Å². The van der Waals surface area contributed by atoms with E-state index in [0.717, 1.165) is 5.56 Å². The van der Waals surface area contributed by atoms with Crippen LogP contribution in [0.1, 0.15) is 31.1 Å². The summed E-state index contributed by atoms with van der Waals surface area (Å²) in [5.74, 6) is -0.00520. The third-order valence-corrected chi connectivity index (χ3v) is 3.64. The van der Waals surface area contributed by atoms with Gasteiger partial charge in [-0.3, -0.25) is 4.79 Å². The van der Waals surface area contributed by atoms with E-state index >= 15 is 0 Å². The zero-order chi connectivity index (χ0) is 14.0. The first-order valence-corrected chi connectivity index (χ1v) is 6.74. The number of carbonyl (C=O) groups excluding carboxylic acids is 1. The van der Waals surface area contributed by atoms with Crippen molar-refractivity contribution in [2.24, 2.45) is 5.73 Å². The van der Waals surface area contributed by atoms with E-state index < -0.39 is 6.04 Å². The molecule has 4 nitrogen and oxygen atoms in total. The lowest BCUT2D eigenvalue weighted by molar-refractivity contribution is -0.145. The van der Waals surface area contributed by atoms with Crippen LogP contribution < -0.4 is 5.73 Å². The molecule has 1 aromatic rings. The Labute approximate surface area is 114 Å². The van der Waals surface area contributed by atoms with E-state index in [4.69, 9.17) is 10.5 Å². The highest BCUT2D eigenvalue weighted by Gasteiger charge is 2.32. The molecule has 0 spiro atoms. The van der Waals surface area contributed by atoms with Gasteiger partial charge in [-0.15, -0.1) is 0 Å². The Morgan fingerprint density at radius 2 is 2.16 bits per heavy atom. The summed E-state index contributed by atoms with van der Waals surface area (Å²) in [6.45, 7) is 6.92. The van der Waals surface area contributed by atoms with E-state index in [1.807, 2.05) is 24.0 Å². The summed E-state index contributed by atoms with van der Waals surface area (Å²) in [7, 11) is 0. The van der Waals surface area contributed by atoms with E-state index in [0.29, 0.717) is 13.2 Å². The standard InChI is InChI=1S/C15H22N2O2/c1-10-6-4-5-7-13(10)14-8-17(11(2)9-19-14)15(18)12(3)16/h4-7,11-12,14H,8-9,16H2,1-3H3/t11-,12+,14+/m1/s1. The molecule has 1 fully saturated rings. The van der Waals surface area contributed by atoms with Crippen molar-refractivity contribution in [3.8, 4) is 0 Å². The number of ether oxygens (including phenoxy) is 1. The molecule has 1 aliphatic heterocycles. The second kappa shape index (κ2) is 5.72. The summed E-state index contributed by atoms with van der Waals surface area (Å²) in [6.07, 6.45) is -0.0555. The van der Waals surface area contributed by atoms with Crippen LogP contribution in [0.2, 0.25) is 0 Å². The molecule has 0 unspecified atom stereocenters. The molecule has 4 heteroatoms. The van der Waals surface area contributed by atoms with Crippen LogP contribution in [-0.2, 0) is 9.53 Å². The number of nitrogens with zero attached hydrogens (tertiary/aromatic N) is 1. The van der Waals surface area contributed by atoms with Gasteiger partial charge in [0, 0.05) is 0 Å². The van der Waals surface area contributed by atoms with Crippen LogP contribution in [0.5, 0.6) is 0 Å². The van der Waals surface area contributed by atoms with Crippen LogP contribution >= 0.6 is 0 Å². The van der Waals surface area contributed by atoms with E-state index in [9.17, 15) is 4.79 Å². The number of hydrogen-bond acceptors (Lipinski definition) is 3. The van der Waals surface area contributed by atoms with Crippen LogP contribution in [0, 0.1) is 6.92 Å². The number of aryl methyl sites for hydroxylation is 1. The van der Waals surface area contributed by atoms with Gasteiger partial charge < -0.3 is 15.4 Å². The van der Waals surface area contributed by atoms with Crippen LogP contribution in [0.25, 0.3) is 0 Å².